The molecule has 1 unspecified atom stereocenters. The lowest BCUT2D eigenvalue weighted by Crippen LogP contribution is -2.29. The molecule has 0 bridgehead atoms. The van der Waals surface area contributed by atoms with Crippen LogP contribution in [-0.4, -0.2) is 58.3 Å². The zero-order valence-electron chi connectivity index (χ0n) is 19.4. The second-order valence-corrected chi connectivity index (χ2v) is 8.70. The minimum atomic E-state index is -0.224. The standard InChI is InChI=1S/C24H29N7O2/c1-15-7-9-31(10-8-25-15)21-6-5-17(23-18(21)14-30(3)28-23)24(32)26-20-11-16-13-29(2)27-19(16)12-22(20)33-4/h5-6,11-15,25H,7-10H2,1-4H3,(H,26,32). The van der Waals surface area contributed by atoms with Crippen LogP contribution in [0.5, 0.6) is 5.75 Å². The number of carbonyl (C=O) groups excluding carboxylic acids is 1. The van der Waals surface area contributed by atoms with Crippen molar-refractivity contribution in [3.05, 3.63) is 42.2 Å². The molecule has 5 rings (SSSR count). The van der Waals surface area contributed by atoms with E-state index in [1.165, 1.54) is 0 Å². The van der Waals surface area contributed by atoms with E-state index in [9.17, 15) is 4.79 Å². The maximum Gasteiger partial charge on any atom is 0.258 e. The predicted molar refractivity (Wildman–Crippen MR) is 130 cm³/mol. The number of rotatable bonds is 4. The van der Waals surface area contributed by atoms with Crippen LogP contribution in [0.25, 0.3) is 21.8 Å². The fraction of sp³-hybridized carbons (Fsp3) is 0.375. The summed E-state index contributed by atoms with van der Waals surface area (Å²) in [7, 11) is 5.34. The molecule has 4 aromatic rings. The van der Waals surface area contributed by atoms with Gasteiger partial charge in [-0.15, -0.1) is 0 Å². The lowest BCUT2D eigenvalue weighted by atomic mass is 10.1. The number of amides is 1. The molecule has 0 radical (unpaired) electrons. The molecule has 172 valence electrons. The smallest absolute Gasteiger partial charge is 0.258 e. The number of anilines is 2. The first kappa shape index (κ1) is 21.3. The summed E-state index contributed by atoms with van der Waals surface area (Å²) in [4.78, 5) is 15.7. The third kappa shape index (κ3) is 4.00. The number of hydrogen-bond donors (Lipinski definition) is 2. The van der Waals surface area contributed by atoms with E-state index < -0.39 is 0 Å². The zero-order valence-corrected chi connectivity index (χ0v) is 19.4. The summed E-state index contributed by atoms with van der Waals surface area (Å²) < 4.78 is 9.02. The number of nitrogens with one attached hydrogen (secondary N) is 2. The predicted octanol–water partition coefficient (Wildman–Crippen LogP) is 2.91. The van der Waals surface area contributed by atoms with Crippen LogP contribution in [0.2, 0.25) is 0 Å². The van der Waals surface area contributed by atoms with E-state index in [0.29, 0.717) is 28.6 Å². The van der Waals surface area contributed by atoms with Gasteiger partial charge in [0.2, 0.25) is 0 Å². The molecule has 0 saturated carbocycles. The maximum absolute atomic E-state index is 13.4. The number of aryl methyl sites for hydroxylation is 2. The first-order chi connectivity index (χ1) is 15.9. The van der Waals surface area contributed by atoms with Gasteiger partial charge in [0.1, 0.15) is 11.3 Å². The Kier molecular flexibility index (Phi) is 5.41. The number of nitrogens with zero attached hydrogens (tertiary/aromatic N) is 5. The highest BCUT2D eigenvalue weighted by atomic mass is 16.5. The van der Waals surface area contributed by atoms with E-state index in [2.05, 4.69) is 32.7 Å². The number of benzene rings is 2. The van der Waals surface area contributed by atoms with Crippen molar-refractivity contribution >= 4 is 39.1 Å². The summed E-state index contributed by atoms with van der Waals surface area (Å²) in [5.41, 5.74) is 3.75. The Bertz CT molecular complexity index is 1340. The van der Waals surface area contributed by atoms with Gasteiger partial charge >= 0.3 is 0 Å². The van der Waals surface area contributed by atoms with Gasteiger partial charge in [0.25, 0.3) is 5.91 Å². The molecule has 9 nitrogen and oxygen atoms in total. The van der Waals surface area contributed by atoms with Crippen LogP contribution in [0.3, 0.4) is 0 Å². The molecule has 2 aromatic carbocycles. The van der Waals surface area contributed by atoms with E-state index in [-0.39, 0.29) is 5.91 Å². The van der Waals surface area contributed by atoms with Crippen LogP contribution in [0.4, 0.5) is 11.4 Å². The third-order valence-corrected chi connectivity index (χ3v) is 6.25. The number of ether oxygens (including phenoxy) is 1. The highest BCUT2D eigenvalue weighted by molar-refractivity contribution is 6.14. The lowest BCUT2D eigenvalue weighted by Gasteiger charge is -2.23. The van der Waals surface area contributed by atoms with Gasteiger partial charge in [0.15, 0.2) is 0 Å². The average molecular weight is 448 g/mol. The molecule has 9 heteroatoms. The molecular weight excluding hydrogens is 418 g/mol. The van der Waals surface area contributed by atoms with Crippen LogP contribution < -0.4 is 20.3 Å². The maximum atomic E-state index is 13.4. The summed E-state index contributed by atoms with van der Waals surface area (Å²) in [5.74, 6) is 0.340. The molecule has 1 aliphatic rings. The summed E-state index contributed by atoms with van der Waals surface area (Å²) in [6, 6.07) is 8.12. The Hall–Kier alpha value is -3.59. The summed E-state index contributed by atoms with van der Waals surface area (Å²) >= 11 is 0. The van der Waals surface area contributed by atoms with Gasteiger partial charge in [0.05, 0.1) is 23.9 Å². The fourth-order valence-electron chi connectivity index (χ4n) is 4.55. The fourth-order valence-corrected chi connectivity index (χ4v) is 4.55. The van der Waals surface area contributed by atoms with E-state index in [4.69, 9.17) is 4.74 Å². The highest BCUT2D eigenvalue weighted by Crippen LogP contribution is 2.33. The number of methoxy groups -OCH3 is 1. The molecular formula is C24H29N7O2. The van der Waals surface area contributed by atoms with Gasteiger partial charge < -0.3 is 20.3 Å². The van der Waals surface area contributed by atoms with Crippen molar-refractivity contribution in [1.82, 2.24) is 24.9 Å². The molecule has 1 aliphatic heterocycles. The van der Waals surface area contributed by atoms with Crippen LogP contribution >= 0.6 is 0 Å². The molecule has 3 heterocycles. The number of aromatic nitrogens is 4. The Morgan fingerprint density at radius 2 is 1.97 bits per heavy atom. The van der Waals surface area contributed by atoms with Crippen molar-refractivity contribution in [2.24, 2.45) is 14.1 Å². The summed E-state index contributed by atoms with van der Waals surface area (Å²) in [5, 5.41) is 17.5. The number of hydrogen-bond acceptors (Lipinski definition) is 6. The van der Waals surface area contributed by atoms with E-state index in [0.717, 1.165) is 48.0 Å². The zero-order chi connectivity index (χ0) is 23.1. The minimum absolute atomic E-state index is 0.224. The van der Waals surface area contributed by atoms with Crippen LogP contribution in [-0.2, 0) is 14.1 Å². The summed E-state index contributed by atoms with van der Waals surface area (Å²) in [6.07, 6.45) is 4.97. The largest absolute Gasteiger partial charge is 0.494 e. The van der Waals surface area contributed by atoms with Gasteiger partial charge in [-0.3, -0.25) is 14.2 Å². The normalized spacial score (nSPS) is 16.8. The second-order valence-electron chi connectivity index (χ2n) is 8.70. The molecule has 2 aromatic heterocycles. The van der Waals surface area contributed by atoms with Crippen molar-refractivity contribution in [2.75, 3.05) is 37.0 Å². The van der Waals surface area contributed by atoms with Crippen molar-refractivity contribution in [1.29, 1.82) is 0 Å². The Labute approximate surface area is 192 Å². The van der Waals surface area contributed by atoms with Crippen molar-refractivity contribution in [2.45, 2.75) is 19.4 Å². The monoisotopic (exact) mass is 447 g/mol. The van der Waals surface area contributed by atoms with Gasteiger partial charge in [-0.25, -0.2) is 0 Å². The van der Waals surface area contributed by atoms with Gasteiger partial charge in [-0.2, -0.15) is 10.2 Å². The molecule has 0 aliphatic carbocycles. The topological polar surface area (TPSA) is 89.2 Å². The minimum Gasteiger partial charge on any atom is -0.494 e. The molecule has 1 fully saturated rings. The van der Waals surface area contributed by atoms with Gasteiger partial charge in [-0.05, 0) is 31.5 Å². The third-order valence-electron chi connectivity index (χ3n) is 6.25. The first-order valence-corrected chi connectivity index (χ1v) is 11.2. The highest BCUT2D eigenvalue weighted by Gasteiger charge is 2.21. The van der Waals surface area contributed by atoms with Crippen molar-refractivity contribution < 1.29 is 9.53 Å². The molecule has 1 saturated heterocycles. The quantitative estimate of drug-likeness (QED) is 0.500. The molecule has 2 N–H and O–H groups in total. The Morgan fingerprint density at radius 1 is 1.15 bits per heavy atom. The second kappa shape index (κ2) is 8.40. The van der Waals surface area contributed by atoms with E-state index in [1.54, 1.807) is 16.5 Å². The molecule has 0 spiro atoms. The van der Waals surface area contributed by atoms with E-state index in [1.807, 2.05) is 50.8 Å². The van der Waals surface area contributed by atoms with Crippen LogP contribution in [0.1, 0.15) is 23.7 Å². The van der Waals surface area contributed by atoms with Crippen LogP contribution in [0, 0.1) is 0 Å². The molecule has 1 atom stereocenters. The first-order valence-electron chi connectivity index (χ1n) is 11.2. The Morgan fingerprint density at radius 3 is 2.79 bits per heavy atom. The van der Waals surface area contributed by atoms with Crippen molar-refractivity contribution in [3.63, 3.8) is 0 Å². The van der Waals surface area contributed by atoms with Crippen LogP contribution in [0.15, 0.2) is 36.7 Å². The van der Waals surface area contributed by atoms with Crippen molar-refractivity contribution in [3.8, 4) is 5.75 Å². The molecule has 1 amide bonds. The number of fused-ring (bicyclic) bond motifs is 2. The summed E-state index contributed by atoms with van der Waals surface area (Å²) in [6.45, 7) is 5.03. The van der Waals surface area contributed by atoms with Gasteiger partial charge in [-0.1, -0.05) is 0 Å². The van der Waals surface area contributed by atoms with E-state index >= 15 is 0 Å². The van der Waals surface area contributed by atoms with Gasteiger partial charge in [0, 0.05) is 74.7 Å². The lowest BCUT2D eigenvalue weighted by molar-refractivity contribution is 0.102. The molecule has 33 heavy (non-hydrogen) atoms. The SMILES string of the molecule is COc1cc2nn(C)cc2cc1NC(=O)c1ccc(N2CCNC(C)CC2)c2cn(C)nc12. The Balaban J connectivity index is 1.50. The average Bonchev–Trinajstić information content (AvgIpc) is 3.27. The number of carbonyl (C=O) groups is 1.